The van der Waals surface area contributed by atoms with E-state index in [2.05, 4.69) is 16.4 Å². The molecule has 1 aromatic rings. The van der Waals surface area contributed by atoms with Crippen LogP contribution in [0.25, 0.3) is 0 Å². The van der Waals surface area contributed by atoms with Gasteiger partial charge in [0.25, 0.3) is 0 Å². The van der Waals surface area contributed by atoms with Crippen molar-refractivity contribution in [1.29, 1.82) is 5.26 Å². The van der Waals surface area contributed by atoms with Crippen LogP contribution in [0.4, 0.5) is 13.2 Å². The maximum atomic E-state index is 13.6. The van der Waals surface area contributed by atoms with Gasteiger partial charge in [0.2, 0.25) is 11.8 Å². The maximum absolute atomic E-state index is 13.6. The number of aryl methyl sites for hydroxylation is 1. The number of likely N-dealkylation sites (tertiary alicyclic amines) is 1. The molecule has 208 valence electrons. The molecule has 1 aromatic heterocycles. The van der Waals surface area contributed by atoms with Gasteiger partial charge in [-0.2, -0.15) is 18.4 Å². The first-order valence-corrected chi connectivity index (χ1v) is 13.8. The van der Waals surface area contributed by atoms with Crippen molar-refractivity contribution >= 4 is 29.1 Å². The van der Waals surface area contributed by atoms with Gasteiger partial charge < -0.3 is 15.5 Å². The number of nitrogens with zero attached hydrogens (tertiary/aromatic N) is 3. The van der Waals surface area contributed by atoms with Gasteiger partial charge in [0.1, 0.15) is 18.1 Å². The molecule has 2 fully saturated rings. The number of nitrogens with one attached hydrogen (secondary N) is 2. The average molecular weight is 554 g/mol. The summed E-state index contributed by atoms with van der Waals surface area (Å²) in [5, 5.41) is 14.5. The van der Waals surface area contributed by atoms with Gasteiger partial charge in [-0.1, -0.05) is 34.6 Å². The molecule has 38 heavy (non-hydrogen) atoms. The van der Waals surface area contributed by atoms with Crippen LogP contribution >= 0.6 is 11.3 Å². The summed E-state index contributed by atoms with van der Waals surface area (Å²) in [5.74, 6) is -3.57. The van der Waals surface area contributed by atoms with Crippen molar-refractivity contribution in [3.63, 3.8) is 0 Å². The van der Waals surface area contributed by atoms with E-state index in [-0.39, 0.29) is 29.7 Å². The average Bonchev–Trinajstić information content (AvgIpc) is 3.24. The van der Waals surface area contributed by atoms with Crippen LogP contribution in [0.5, 0.6) is 0 Å². The zero-order valence-electron chi connectivity index (χ0n) is 22.2. The minimum Gasteiger partial charge on any atom is -0.339 e. The third-order valence-electron chi connectivity index (χ3n) is 8.41. The lowest BCUT2D eigenvalue weighted by Gasteiger charge is -2.38. The first-order chi connectivity index (χ1) is 17.6. The van der Waals surface area contributed by atoms with Crippen molar-refractivity contribution in [1.82, 2.24) is 20.5 Å². The zero-order chi connectivity index (χ0) is 28.2. The number of thiazole rings is 1. The van der Waals surface area contributed by atoms with Crippen LogP contribution in [0.1, 0.15) is 70.4 Å². The van der Waals surface area contributed by atoms with Crippen LogP contribution in [0.2, 0.25) is 0 Å². The fourth-order valence-electron chi connectivity index (χ4n) is 6.20. The molecule has 0 radical (unpaired) electrons. The highest BCUT2D eigenvalue weighted by Gasteiger charge is 2.70. The smallest absolute Gasteiger partial charge is 0.339 e. The highest BCUT2D eigenvalue weighted by Crippen LogP contribution is 2.65. The van der Waals surface area contributed by atoms with Crippen molar-refractivity contribution in [2.24, 2.45) is 22.7 Å². The number of carbonyl (C=O) groups excluding carboxylic acids is 3. The van der Waals surface area contributed by atoms with E-state index in [0.717, 1.165) is 25.0 Å². The molecule has 8 nitrogen and oxygen atoms in total. The molecule has 2 aliphatic carbocycles. The first-order valence-electron chi connectivity index (χ1n) is 12.9. The summed E-state index contributed by atoms with van der Waals surface area (Å²) in [5.41, 5.74) is 1.50. The quantitative estimate of drug-likeness (QED) is 0.559. The second-order valence-corrected chi connectivity index (χ2v) is 13.3. The third kappa shape index (κ3) is 5.26. The summed E-state index contributed by atoms with van der Waals surface area (Å²) >= 11 is 1.59. The van der Waals surface area contributed by atoms with Crippen LogP contribution in [-0.2, 0) is 20.8 Å². The minimum absolute atomic E-state index is 0.00224. The van der Waals surface area contributed by atoms with Gasteiger partial charge in [0.15, 0.2) is 0 Å². The highest BCUT2D eigenvalue weighted by atomic mass is 32.1. The van der Waals surface area contributed by atoms with Gasteiger partial charge in [0.05, 0.1) is 17.3 Å². The van der Waals surface area contributed by atoms with Crippen LogP contribution in [0.15, 0.2) is 5.51 Å². The molecule has 1 saturated heterocycles. The molecular formula is C26H34F3N5O3S. The van der Waals surface area contributed by atoms with Crippen LogP contribution in [0, 0.1) is 34.0 Å². The van der Waals surface area contributed by atoms with Crippen molar-refractivity contribution in [2.75, 3.05) is 6.54 Å². The summed E-state index contributed by atoms with van der Waals surface area (Å²) in [6.45, 7) is 8.86. The van der Waals surface area contributed by atoms with Gasteiger partial charge in [-0.15, -0.1) is 11.3 Å². The standard InChI is InChI=1S/C26H34F3N5O3S/c1-24(2,3)20(33-23(37)26(27,28)29)22(36)34-11-15-17(25(15,4)5)19(34)21(35)32-14(10-30)9-13-7-6-8-16-18(13)31-12-38-16/h12-15,17,19-20H,6-9,11H2,1-5H3,(H,32,35)(H,33,37)/t13?,14?,15-,17-,19-,20?/m0/s1. The van der Waals surface area contributed by atoms with Crippen molar-refractivity contribution in [3.8, 4) is 6.07 Å². The summed E-state index contributed by atoms with van der Waals surface area (Å²) in [6.07, 6.45) is -1.96. The second-order valence-electron chi connectivity index (χ2n) is 12.3. The summed E-state index contributed by atoms with van der Waals surface area (Å²) in [4.78, 5) is 45.9. The number of nitriles is 1. The molecular weight excluding hydrogens is 519 g/mol. The second kappa shape index (κ2) is 9.81. The molecule has 0 spiro atoms. The number of rotatable bonds is 6. The number of piperidine rings is 1. The number of hydrogen-bond donors (Lipinski definition) is 2. The number of carbonyl (C=O) groups is 3. The van der Waals surface area contributed by atoms with Gasteiger partial charge in [0, 0.05) is 17.3 Å². The van der Waals surface area contributed by atoms with Crippen LogP contribution < -0.4 is 10.6 Å². The van der Waals surface area contributed by atoms with Gasteiger partial charge in [-0.25, -0.2) is 4.98 Å². The number of halogens is 3. The number of fused-ring (bicyclic) bond motifs is 2. The van der Waals surface area contributed by atoms with Crippen LogP contribution in [0.3, 0.4) is 0 Å². The highest BCUT2D eigenvalue weighted by molar-refractivity contribution is 7.09. The molecule has 6 atom stereocenters. The summed E-state index contributed by atoms with van der Waals surface area (Å²) in [6, 6.07) is -1.06. The summed E-state index contributed by atoms with van der Waals surface area (Å²) in [7, 11) is 0. The van der Waals surface area contributed by atoms with Crippen LogP contribution in [-0.4, -0.2) is 58.5 Å². The first kappa shape index (κ1) is 28.3. The fraction of sp³-hybridized carbons (Fsp3) is 0.731. The van der Waals surface area contributed by atoms with Gasteiger partial charge in [-0.3, -0.25) is 14.4 Å². The molecule has 0 aromatic carbocycles. The number of aromatic nitrogens is 1. The van der Waals surface area contributed by atoms with E-state index in [1.807, 2.05) is 19.2 Å². The Labute approximate surface area is 224 Å². The zero-order valence-corrected chi connectivity index (χ0v) is 23.0. The Balaban J connectivity index is 1.53. The Morgan fingerprint density at radius 2 is 1.95 bits per heavy atom. The van der Waals surface area contributed by atoms with E-state index >= 15 is 0 Å². The Kier molecular flexibility index (Phi) is 7.31. The van der Waals surface area contributed by atoms with E-state index in [9.17, 15) is 32.8 Å². The predicted molar refractivity (Wildman–Crippen MR) is 134 cm³/mol. The number of amides is 3. The van der Waals surface area contributed by atoms with E-state index < -0.39 is 47.4 Å². The molecule has 3 aliphatic rings. The number of hydrogen-bond acceptors (Lipinski definition) is 6. The van der Waals surface area contributed by atoms with Crippen molar-refractivity contribution in [3.05, 3.63) is 16.1 Å². The minimum atomic E-state index is -5.15. The summed E-state index contributed by atoms with van der Waals surface area (Å²) < 4.78 is 39.1. The SMILES string of the molecule is CC(C)(C)C(NC(=O)C(F)(F)F)C(=O)N1C[C@H]2[C@@H]([C@H]1C(=O)NC(C#N)CC1CCCc3scnc31)C2(C)C. The molecule has 1 saturated carbocycles. The fourth-order valence-corrected chi connectivity index (χ4v) is 7.10. The molecule has 1 aliphatic heterocycles. The Bertz CT molecular complexity index is 1150. The molecule has 3 unspecified atom stereocenters. The van der Waals surface area contributed by atoms with E-state index in [1.165, 1.54) is 9.78 Å². The van der Waals surface area contributed by atoms with E-state index in [0.29, 0.717) is 6.42 Å². The van der Waals surface area contributed by atoms with Gasteiger partial charge in [-0.05, 0) is 48.3 Å². The maximum Gasteiger partial charge on any atom is 0.471 e. The topological polar surface area (TPSA) is 115 Å². The third-order valence-corrected chi connectivity index (χ3v) is 9.32. The van der Waals surface area contributed by atoms with E-state index in [1.54, 1.807) is 37.6 Å². The van der Waals surface area contributed by atoms with Gasteiger partial charge >= 0.3 is 12.1 Å². The molecule has 3 amide bonds. The lowest BCUT2D eigenvalue weighted by atomic mass is 9.85. The molecule has 2 heterocycles. The largest absolute Gasteiger partial charge is 0.471 e. The normalized spacial score (nSPS) is 27.4. The Morgan fingerprint density at radius 3 is 2.55 bits per heavy atom. The van der Waals surface area contributed by atoms with E-state index in [4.69, 9.17) is 0 Å². The van der Waals surface area contributed by atoms with Crippen molar-refractivity contribution in [2.45, 2.75) is 90.5 Å². The molecule has 4 rings (SSSR count). The Hall–Kier alpha value is -2.68. The Morgan fingerprint density at radius 1 is 1.26 bits per heavy atom. The lowest BCUT2D eigenvalue weighted by Crippen LogP contribution is -2.61. The predicted octanol–water partition coefficient (Wildman–Crippen LogP) is 3.54. The lowest BCUT2D eigenvalue weighted by molar-refractivity contribution is -0.176. The molecule has 2 N–H and O–H groups in total. The monoisotopic (exact) mass is 553 g/mol. The number of alkyl halides is 3. The van der Waals surface area contributed by atoms with Crippen molar-refractivity contribution < 1.29 is 27.6 Å². The molecule has 0 bridgehead atoms. The molecule has 12 heteroatoms.